The normalized spacial score (nSPS) is 9.86. The topological polar surface area (TPSA) is 127 Å². The van der Waals surface area contributed by atoms with Crippen LogP contribution in [0.4, 0.5) is 33.3 Å². The molecule has 0 unspecified atom stereocenters. The summed E-state index contributed by atoms with van der Waals surface area (Å²) in [6.07, 6.45) is -5.02. The first-order valence-corrected chi connectivity index (χ1v) is 7.11. The quantitative estimate of drug-likeness (QED) is 0.358. The van der Waals surface area contributed by atoms with E-state index in [9.17, 15) is 26.7 Å². The van der Waals surface area contributed by atoms with Crippen molar-refractivity contribution < 1.29 is 26.7 Å². The number of hydrogen-bond acceptors (Lipinski definition) is 6. The Morgan fingerprint density at radius 1 is 0.929 bits per heavy atom. The predicted octanol–water partition coefficient (Wildman–Crippen LogP) is 2.69. The minimum Gasteiger partial charge on any atom is -0.324 e. The number of carbonyl (C=O) groups excluding carboxylic acids is 1. The van der Waals surface area contributed by atoms with Crippen LogP contribution in [0.15, 0.2) is 36.4 Å². The summed E-state index contributed by atoms with van der Waals surface area (Å²) in [5.74, 6) is 1.51. The monoisotopic (exact) mass is 398 g/mol. The average molecular weight is 398 g/mol. The largest absolute Gasteiger partial charge is 0.472 e. The van der Waals surface area contributed by atoms with Crippen molar-refractivity contribution in [3.63, 3.8) is 0 Å². The van der Waals surface area contributed by atoms with Crippen molar-refractivity contribution in [2.45, 2.75) is 6.18 Å². The number of nitrogen functional groups attached to an aromatic ring is 1. The summed E-state index contributed by atoms with van der Waals surface area (Å²) in [5, 5.41) is 16.8. The number of amides is 1. The van der Waals surface area contributed by atoms with E-state index in [1.807, 2.05) is 5.43 Å². The minimum atomic E-state index is -5.02. The fourth-order valence-corrected chi connectivity index (χ4v) is 1.59. The molecule has 0 aromatic heterocycles. The van der Waals surface area contributed by atoms with Gasteiger partial charge in [-0.1, -0.05) is 0 Å². The van der Waals surface area contributed by atoms with E-state index in [2.05, 4.69) is 5.43 Å². The van der Waals surface area contributed by atoms with Gasteiger partial charge in [-0.05, 0) is 36.4 Å². The lowest BCUT2D eigenvalue weighted by molar-refractivity contribution is -0.173. The van der Waals surface area contributed by atoms with Gasteiger partial charge in [0, 0.05) is 5.69 Å². The number of carbonyl (C=O) groups is 1. The van der Waals surface area contributed by atoms with Gasteiger partial charge in [-0.15, -0.1) is 0 Å². The Labute approximate surface area is 155 Å². The summed E-state index contributed by atoms with van der Waals surface area (Å²) in [7, 11) is 0. The average Bonchev–Trinajstić information content (AvgIpc) is 2.67. The summed E-state index contributed by atoms with van der Waals surface area (Å²) < 4.78 is 60.8. The number of alkyl halides is 3. The van der Waals surface area contributed by atoms with Crippen molar-refractivity contribution in [2.24, 2.45) is 5.84 Å². The second-order valence-electron chi connectivity index (χ2n) is 4.83. The molecule has 0 saturated carbocycles. The van der Waals surface area contributed by atoms with E-state index >= 15 is 0 Å². The van der Waals surface area contributed by atoms with Gasteiger partial charge in [-0.2, -0.15) is 23.7 Å². The van der Waals surface area contributed by atoms with Gasteiger partial charge in [0.15, 0.2) is 0 Å². The number of rotatable bonds is 3. The zero-order chi connectivity index (χ0) is 21.3. The van der Waals surface area contributed by atoms with Crippen LogP contribution in [-0.4, -0.2) is 12.1 Å². The third-order valence-electron chi connectivity index (χ3n) is 2.92. The molecule has 0 radical (unpaired) electrons. The Morgan fingerprint density at radius 3 is 1.82 bits per heavy atom. The van der Waals surface area contributed by atoms with Gasteiger partial charge in [0.1, 0.15) is 23.8 Å². The van der Waals surface area contributed by atoms with Crippen molar-refractivity contribution in [2.75, 3.05) is 10.9 Å². The molecule has 0 heterocycles. The number of anilines is 2. The molecule has 0 aliphatic rings. The summed E-state index contributed by atoms with van der Waals surface area (Å²) in [4.78, 5) is 10.4. The number of nitrogens with zero attached hydrogens (tertiary/aromatic N) is 2. The molecule has 0 bridgehead atoms. The molecule has 0 aliphatic carbocycles. The molecule has 2 aromatic carbocycles. The zero-order valence-electron chi connectivity index (χ0n) is 13.7. The molecular formula is C16H11F5N6O. The highest BCUT2D eigenvalue weighted by atomic mass is 19.4. The van der Waals surface area contributed by atoms with Gasteiger partial charge in [0.25, 0.3) is 0 Å². The number of nitrogens with one attached hydrogen (secondary N) is 3. The molecule has 1 amide bonds. The van der Waals surface area contributed by atoms with E-state index < -0.39 is 23.7 Å². The predicted molar refractivity (Wildman–Crippen MR) is 87.9 cm³/mol. The maximum Gasteiger partial charge on any atom is 0.472 e. The van der Waals surface area contributed by atoms with Gasteiger partial charge in [-0.3, -0.25) is 21.5 Å². The second-order valence-corrected chi connectivity index (χ2v) is 4.83. The van der Waals surface area contributed by atoms with Crippen molar-refractivity contribution in [3.05, 3.63) is 59.2 Å². The maximum absolute atomic E-state index is 12.8. The first-order valence-electron chi connectivity index (χ1n) is 7.11. The molecule has 7 nitrogen and oxygen atoms in total. The molecule has 28 heavy (non-hydrogen) atoms. The van der Waals surface area contributed by atoms with Crippen LogP contribution in [0.25, 0.3) is 0 Å². The highest BCUT2D eigenvalue weighted by Gasteiger charge is 2.38. The van der Waals surface area contributed by atoms with Crippen LogP contribution in [0.5, 0.6) is 0 Å². The molecule has 2 aromatic rings. The van der Waals surface area contributed by atoms with E-state index in [0.29, 0.717) is 5.69 Å². The Bertz CT molecular complexity index is 933. The van der Waals surface area contributed by atoms with Gasteiger partial charge in [-0.25, -0.2) is 8.78 Å². The lowest BCUT2D eigenvalue weighted by Crippen LogP contribution is -2.40. The molecule has 2 rings (SSSR count). The summed E-state index contributed by atoms with van der Waals surface area (Å²) in [6, 6.07) is 10.1. The standard InChI is InChI=1S/C9H5F4N3O.C7H6FN3/c10-7-2-1-6(3-5(7)4-14)15-16-8(17)9(11,12)13;8-7-2-1-6(11-10)3-5(7)4-9/h1-3,15H,(H,16,17);1-3,11H,10H2. The van der Waals surface area contributed by atoms with E-state index in [1.54, 1.807) is 6.07 Å². The zero-order valence-corrected chi connectivity index (χ0v) is 13.7. The number of halogens is 5. The molecular weight excluding hydrogens is 387 g/mol. The summed E-state index contributed by atoms with van der Waals surface area (Å²) in [6.45, 7) is 0. The third kappa shape index (κ3) is 6.44. The second kappa shape index (κ2) is 9.70. The van der Waals surface area contributed by atoms with Crippen LogP contribution >= 0.6 is 0 Å². The van der Waals surface area contributed by atoms with Crippen LogP contribution in [0.1, 0.15) is 11.1 Å². The Balaban J connectivity index is 0.000000307. The van der Waals surface area contributed by atoms with Gasteiger partial charge >= 0.3 is 12.1 Å². The van der Waals surface area contributed by atoms with Crippen molar-refractivity contribution in [1.82, 2.24) is 5.43 Å². The molecule has 0 spiro atoms. The van der Waals surface area contributed by atoms with Gasteiger partial charge in [0.05, 0.1) is 16.8 Å². The first-order chi connectivity index (χ1) is 13.1. The maximum atomic E-state index is 12.8. The van der Waals surface area contributed by atoms with Gasteiger partial charge in [0.2, 0.25) is 0 Å². The number of nitriles is 2. The van der Waals surface area contributed by atoms with Crippen LogP contribution < -0.4 is 22.1 Å². The Hall–Kier alpha value is -3.90. The fraction of sp³-hybridized carbons (Fsp3) is 0.0625. The highest BCUT2D eigenvalue weighted by molar-refractivity contribution is 5.82. The molecule has 0 saturated heterocycles. The number of benzene rings is 2. The van der Waals surface area contributed by atoms with E-state index in [0.717, 1.165) is 18.2 Å². The number of hydrazine groups is 2. The first kappa shape index (κ1) is 22.1. The van der Waals surface area contributed by atoms with Crippen LogP contribution in [0, 0.1) is 34.3 Å². The molecule has 0 aliphatic heterocycles. The number of nitrogens with two attached hydrogens (primary N) is 1. The smallest absolute Gasteiger partial charge is 0.324 e. The molecule has 0 fully saturated rings. The number of hydrogen-bond donors (Lipinski definition) is 4. The van der Waals surface area contributed by atoms with Crippen LogP contribution in [0.3, 0.4) is 0 Å². The third-order valence-corrected chi connectivity index (χ3v) is 2.92. The molecule has 5 N–H and O–H groups in total. The highest BCUT2D eigenvalue weighted by Crippen LogP contribution is 2.16. The molecule has 146 valence electrons. The summed E-state index contributed by atoms with van der Waals surface area (Å²) in [5.41, 5.74) is 5.70. The minimum absolute atomic E-state index is 0.0135. The van der Waals surface area contributed by atoms with Crippen LogP contribution in [-0.2, 0) is 4.79 Å². The van der Waals surface area contributed by atoms with E-state index in [1.165, 1.54) is 29.7 Å². The SMILES string of the molecule is N#Cc1cc(NN)ccc1F.N#Cc1cc(NNC(=O)C(F)(F)F)ccc1F. The van der Waals surface area contributed by atoms with E-state index in [-0.39, 0.29) is 16.8 Å². The lowest BCUT2D eigenvalue weighted by Gasteiger charge is -2.10. The Kier molecular flexibility index (Phi) is 7.67. The fourth-order valence-electron chi connectivity index (χ4n) is 1.59. The van der Waals surface area contributed by atoms with Crippen molar-refractivity contribution >= 4 is 17.3 Å². The lowest BCUT2D eigenvalue weighted by atomic mass is 10.2. The Morgan fingerprint density at radius 2 is 1.39 bits per heavy atom. The van der Waals surface area contributed by atoms with Crippen molar-refractivity contribution in [1.29, 1.82) is 10.5 Å². The molecule has 12 heteroatoms. The van der Waals surface area contributed by atoms with Gasteiger partial charge < -0.3 is 5.43 Å². The summed E-state index contributed by atoms with van der Waals surface area (Å²) >= 11 is 0. The van der Waals surface area contributed by atoms with E-state index in [4.69, 9.17) is 16.4 Å². The molecule has 0 atom stereocenters. The van der Waals surface area contributed by atoms with Crippen molar-refractivity contribution in [3.8, 4) is 12.1 Å². The van der Waals surface area contributed by atoms with Crippen LogP contribution in [0.2, 0.25) is 0 Å².